The highest BCUT2D eigenvalue weighted by Crippen LogP contribution is 2.52. The molecular formula is C24H21N6O3+. The average Bonchev–Trinajstić information content (AvgIpc) is 3.66. The minimum absolute atomic E-state index is 0.0678. The number of benzene rings is 1. The predicted molar refractivity (Wildman–Crippen MR) is 117 cm³/mol. The van der Waals surface area contributed by atoms with Crippen LogP contribution in [0.2, 0.25) is 0 Å². The average molecular weight is 441 g/mol. The van der Waals surface area contributed by atoms with Crippen molar-refractivity contribution < 1.29 is 14.6 Å². The number of nitrogens with one attached hydrogen (secondary N) is 2. The highest BCUT2D eigenvalue weighted by Gasteiger charge is 2.61. The Labute approximate surface area is 190 Å². The third-order valence-corrected chi connectivity index (χ3v) is 6.34. The van der Waals surface area contributed by atoms with Crippen LogP contribution in [0.25, 0.3) is 0 Å². The molecule has 1 aromatic carbocycles. The van der Waals surface area contributed by atoms with E-state index in [4.69, 9.17) is 5.41 Å². The fourth-order valence-electron chi connectivity index (χ4n) is 4.62. The number of pyridine rings is 1. The Hall–Kier alpha value is -4.30. The summed E-state index contributed by atoms with van der Waals surface area (Å²) < 4.78 is 1.89. The summed E-state index contributed by atoms with van der Waals surface area (Å²) in [5.74, 6) is 1.19. The van der Waals surface area contributed by atoms with E-state index in [2.05, 4.69) is 17.3 Å². The van der Waals surface area contributed by atoms with Gasteiger partial charge in [0.05, 0.1) is 28.2 Å². The summed E-state index contributed by atoms with van der Waals surface area (Å²) in [6.45, 7) is 1.89. The zero-order valence-electron chi connectivity index (χ0n) is 17.8. The molecular weight excluding hydrogens is 420 g/mol. The second kappa shape index (κ2) is 8.33. The van der Waals surface area contributed by atoms with Crippen molar-refractivity contribution in [2.75, 3.05) is 0 Å². The monoisotopic (exact) mass is 441 g/mol. The molecule has 0 unspecified atom stereocenters. The van der Waals surface area contributed by atoms with Gasteiger partial charge < -0.3 is 10.4 Å². The smallest absolute Gasteiger partial charge is 0.269 e. The number of nitrogens with zero attached hydrogens (tertiary/aromatic N) is 4. The van der Waals surface area contributed by atoms with Crippen LogP contribution in [0.5, 0.6) is 0 Å². The third kappa shape index (κ3) is 3.66. The lowest BCUT2D eigenvalue weighted by atomic mass is 9.73. The van der Waals surface area contributed by atoms with Gasteiger partial charge in [0, 0.05) is 37.1 Å². The topological polar surface area (TPSA) is 151 Å². The summed E-state index contributed by atoms with van der Waals surface area (Å²) in [7, 11) is 0. The largest absolute Gasteiger partial charge is 0.365 e. The van der Waals surface area contributed by atoms with Crippen LogP contribution in [-0.4, -0.2) is 21.6 Å². The molecule has 9 nitrogen and oxygen atoms in total. The Morgan fingerprint density at radius 2 is 1.97 bits per heavy atom. The molecule has 3 atom stereocenters. The minimum Gasteiger partial charge on any atom is -0.365 e. The van der Waals surface area contributed by atoms with Crippen LogP contribution in [0.4, 0.5) is 5.69 Å². The van der Waals surface area contributed by atoms with Crippen molar-refractivity contribution in [2.45, 2.75) is 37.5 Å². The molecule has 2 aromatic rings. The van der Waals surface area contributed by atoms with Gasteiger partial charge in [-0.1, -0.05) is 18.2 Å². The number of allylic oxidation sites excluding steroid dienone is 2. The number of aryl methyl sites for hydroxylation is 1. The molecule has 0 spiro atoms. The van der Waals surface area contributed by atoms with E-state index in [1.54, 1.807) is 12.1 Å². The van der Waals surface area contributed by atoms with Gasteiger partial charge in [-0.2, -0.15) is 15.1 Å². The van der Waals surface area contributed by atoms with E-state index < -0.39 is 22.6 Å². The first kappa shape index (κ1) is 21.9. The van der Waals surface area contributed by atoms with Crippen LogP contribution in [-0.2, 0) is 0 Å². The molecule has 9 heteroatoms. The zero-order chi connectivity index (χ0) is 23.8. The van der Waals surface area contributed by atoms with Gasteiger partial charge in [-0.3, -0.25) is 15.5 Å². The van der Waals surface area contributed by atoms with Crippen LogP contribution >= 0.6 is 0 Å². The first-order valence-corrected chi connectivity index (χ1v) is 10.4. The van der Waals surface area contributed by atoms with Crippen LogP contribution in [0.15, 0.2) is 65.5 Å². The molecule has 164 valence electrons. The summed E-state index contributed by atoms with van der Waals surface area (Å²) in [5, 5.41) is 53.6. The second-order valence-electron chi connectivity index (χ2n) is 8.26. The van der Waals surface area contributed by atoms with Crippen molar-refractivity contribution in [2.24, 2.45) is 5.92 Å². The SMILES string of the molecule is Cc1cccc[n+]1[C@@H]1[C@H](c2ccc([N+](=O)[O-])cc2)C(C#N)=C(C(=C=N)C#N)N[C@]1(O)C1CC1. The normalized spacial score (nSPS) is 24.1. The molecule has 2 aliphatic rings. The first-order chi connectivity index (χ1) is 15.8. The van der Waals surface area contributed by atoms with Gasteiger partial charge in [0.25, 0.3) is 5.69 Å². The van der Waals surface area contributed by atoms with Crippen molar-refractivity contribution in [3.8, 4) is 12.1 Å². The van der Waals surface area contributed by atoms with Gasteiger partial charge in [0.1, 0.15) is 11.6 Å². The number of non-ortho nitro benzene ring substituents is 1. The maximum Gasteiger partial charge on any atom is 0.269 e. The minimum atomic E-state index is -1.53. The van der Waals surface area contributed by atoms with E-state index >= 15 is 0 Å². The van der Waals surface area contributed by atoms with E-state index in [-0.39, 0.29) is 28.4 Å². The van der Waals surface area contributed by atoms with E-state index in [0.29, 0.717) is 5.56 Å². The molecule has 1 aliphatic heterocycles. The maximum absolute atomic E-state index is 12.1. The highest BCUT2D eigenvalue weighted by atomic mass is 16.6. The number of aliphatic hydroxyl groups is 1. The van der Waals surface area contributed by atoms with Crippen molar-refractivity contribution in [1.82, 2.24) is 5.32 Å². The van der Waals surface area contributed by atoms with Crippen LogP contribution in [0, 0.1) is 51.0 Å². The lowest BCUT2D eigenvalue weighted by Gasteiger charge is -2.43. The van der Waals surface area contributed by atoms with Gasteiger partial charge in [-0.25, -0.2) is 0 Å². The molecule has 1 fully saturated rings. The van der Waals surface area contributed by atoms with Crippen molar-refractivity contribution in [1.29, 1.82) is 15.9 Å². The zero-order valence-corrected chi connectivity index (χ0v) is 17.8. The number of nitro groups is 1. The van der Waals surface area contributed by atoms with Gasteiger partial charge >= 0.3 is 0 Å². The molecule has 0 amide bonds. The summed E-state index contributed by atoms with van der Waals surface area (Å²) >= 11 is 0. The molecule has 1 aromatic heterocycles. The van der Waals surface area contributed by atoms with E-state index in [1.165, 1.54) is 12.1 Å². The summed E-state index contributed by atoms with van der Waals surface area (Å²) in [5.41, 5.74) is -0.157. The Kier molecular flexibility index (Phi) is 5.53. The van der Waals surface area contributed by atoms with Gasteiger partial charge in [0.15, 0.2) is 11.9 Å². The maximum atomic E-state index is 12.1. The van der Waals surface area contributed by atoms with Gasteiger partial charge in [-0.15, -0.1) is 0 Å². The second-order valence-corrected chi connectivity index (χ2v) is 8.26. The third-order valence-electron chi connectivity index (χ3n) is 6.34. The van der Waals surface area contributed by atoms with Crippen LogP contribution in [0.1, 0.15) is 36.1 Å². The molecule has 4 rings (SSSR count). The summed E-state index contributed by atoms with van der Waals surface area (Å²) in [6.07, 6.45) is 3.33. The summed E-state index contributed by atoms with van der Waals surface area (Å²) in [6, 6.07) is 14.8. The van der Waals surface area contributed by atoms with Crippen LogP contribution in [0.3, 0.4) is 0 Å². The molecule has 1 aliphatic carbocycles. The van der Waals surface area contributed by atoms with Crippen molar-refractivity contribution in [3.63, 3.8) is 0 Å². The number of rotatable bonds is 5. The fourth-order valence-corrected chi connectivity index (χ4v) is 4.62. The standard InChI is InChI=1S/C24H21N6O3/c1-15-4-2-3-11-29(15)23-21(16-5-9-19(10-6-16)30(32)33)20(14-27)22(17(12-25)13-26)28-24(23,31)18-7-8-18/h2-6,9-11,18,21,23,25,28,31H,7-8H2,1H3/q+1/t21-,23-,24+/m1/s1. The molecule has 3 N–H and O–H groups in total. The van der Waals surface area contributed by atoms with Gasteiger partial charge in [-0.05, 0) is 24.3 Å². The lowest BCUT2D eigenvalue weighted by molar-refractivity contribution is -0.747. The molecule has 0 bridgehead atoms. The number of aromatic nitrogens is 1. The Balaban J connectivity index is 2.04. The molecule has 33 heavy (non-hydrogen) atoms. The molecule has 2 heterocycles. The predicted octanol–water partition coefficient (Wildman–Crippen LogP) is 2.69. The number of nitro benzene ring substituents is 1. The Morgan fingerprint density at radius 3 is 2.48 bits per heavy atom. The van der Waals surface area contributed by atoms with Crippen LogP contribution < -0.4 is 9.88 Å². The first-order valence-electron chi connectivity index (χ1n) is 10.4. The van der Waals surface area contributed by atoms with Crippen molar-refractivity contribution >= 4 is 11.6 Å². The van der Waals surface area contributed by atoms with E-state index in [1.807, 2.05) is 42.0 Å². The van der Waals surface area contributed by atoms with Gasteiger partial charge in [0.2, 0.25) is 11.8 Å². The number of hydrogen-bond donors (Lipinski definition) is 3. The number of nitriles is 2. The van der Waals surface area contributed by atoms with E-state index in [0.717, 1.165) is 18.5 Å². The van der Waals surface area contributed by atoms with E-state index in [9.17, 15) is 25.7 Å². The Bertz CT molecular complexity index is 1290. The summed E-state index contributed by atoms with van der Waals surface area (Å²) in [4.78, 5) is 10.7. The Morgan fingerprint density at radius 1 is 1.27 bits per heavy atom. The lowest BCUT2D eigenvalue weighted by Crippen LogP contribution is -2.66. The quantitative estimate of drug-likeness (QED) is 0.213. The van der Waals surface area contributed by atoms with Crippen molar-refractivity contribution in [3.05, 3.63) is 86.9 Å². The molecule has 0 saturated heterocycles. The number of hydrogen-bond acceptors (Lipinski definition) is 7. The fraction of sp³-hybridized carbons (Fsp3) is 0.292. The highest BCUT2D eigenvalue weighted by molar-refractivity contribution is 5.71. The molecule has 1 saturated carbocycles. The molecule has 0 radical (unpaired) electrons.